The fourth-order valence-corrected chi connectivity index (χ4v) is 2.99. The maximum absolute atomic E-state index is 4.74. The zero-order valence-electron chi connectivity index (χ0n) is 15.4. The molecule has 0 amide bonds. The van der Waals surface area contributed by atoms with E-state index in [0.29, 0.717) is 0 Å². The van der Waals surface area contributed by atoms with Gasteiger partial charge < -0.3 is 0 Å². The minimum absolute atomic E-state index is 0.925. The molecule has 0 heterocycles. The van der Waals surface area contributed by atoms with Crippen LogP contribution in [0.2, 0.25) is 0 Å². The van der Waals surface area contributed by atoms with Gasteiger partial charge >= 0.3 is 0 Å². The summed E-state index contributed by atoms with van der Waals surface area (Å²) in [6.45, 7) is 0. The van der Waals surface area contributed by atoms with Crippen molar-refractivity contribution >= 4 is 23.8 Å². The van der Waals surface area contributed by atoms with Crippen LogP contribution in [-0.2, 0) is 0 Å². The normalized spacial score (nSPS) is 11.3. The van der Waals surface area contributed by atoms with Crippen LogP contribution >= 0.6 is 0 Å². The van der Waals surface area contributed by atoms with Gasteiger partial charge in [-0.15, -0.1) is 0 Å². The average molecular weight is 360 g/mol. The van der Waals surface area contributed by atoms with Gasteiger partial charge in [-0.1, -0.05) is 97.1 Å². The summed E-state index contributed by atoms with van der Waals surface area (Å²) in [5.74, 6) is 0. The lowest BCUT2D eigenvalue weighted by Crippen LogP contribution is -1.84. The van der Waals surface area contributed by atoms with Gasteiger partial charge in [-0.3, -0.25) is 9.98 Å². The van der Waals surface area contributed by atoms with Crippen LogP contribution in [0.5, 0.6) is 0 Å². The Kier molecular flexibility index (Phi) is 5.50. The van der Waals surface area contributed by atoms with E-state index >= 15 is 0 Å². The molecule has 0 saturated carbocycles. The van der Waals surface area contributed by atoms with Crippen molar-refractivity contribution in [1.82, 2.24) is 0 Å². The Morgan fingerprint density at radius 1 is 0.393 bits per heavy atom. The topological polar surface area (TPSA) is 24.7 Å². The Hall–Kier alpha value is -3.78. The van der Waals surface area contributed by atoms with Crippen LogP contribution in [0.4, 0.5) is 11.4 Å². The summed E-state index contributed by atoms with van der Waals surface area (Å²) < 4.78 is 0. The van der Waals surface area contributed by atoms with E-state index in [0.717, 1.165) is 33.6 Å². The van der Waals surface area contributed by atoms with Gasteiger partial charge in [0, 0.05) is 23.6 Å². The van der Waals surface area contributed by atoms with E-state index in [9.17, 15) is 0 Å². The summed E-state index contributed by atoms with van der Waals surface area (Å²) in [6.07, 6.45) is 3.80. The molecular weight excluding hydrogens is 340 g/mol. The standard InChI is InChI=1S/C26H20N2/c1-3-11-21(12-4-1)19-27-25-17-9-7-15-23(25)24-16-8-10-18-26(24)28-20-22-13-5-2-6-14-22/h1-20H/b27-19+,28-20+. The quantitative estimate of drug-likeness (QED) is 0.348. The molecule has 0 aliphatic carbocycles. The van der Waals surface area contributed by atoms with Crippen LogP contribution in [-0.4, -0.2) is 12.4 Å². The molecule has 0 aromatic heterocycles. The molecule has 0 aliphatic heterocycles. The first-order valence-electron chi connectivity index (χ1n) is 9.27. The Labute approximate surface area is 165 Å². The smallest absolute Gasteiger partial charge is 0.0709 e. The number of para-hydroxylation sites is 2. The highest BCUT2D eigenvalue weighted by Crippen LogP contribution is 2.36. The summed E-state index contributed by atoms with van der Waals surface area (Å²) in [7, 11) is 0. The van der Waals surface area contributed by atoms with Gasteiger partial charge in [-0.05, 0) is 23.3 Å². The van der Waals surface area contributed by atoms with Crippen molar-refractivity contribution in [1.29, 1.82) is 0 Å². The number of aliphatic imine (C=N–C) groups is 2. The van der Waals surface area contributed by atoms with Gasteiger partial charge in [0.25, 0.3) is 0 Å². The van der Waals surface area contributed by atoms with Crippen LogP contribution < -0.4 is 0 Å². The molecule has 4 rings (SSSR count). The summed E-state index contributed by atoms with van der Waals surface area (Å²) in [5, 5.41) is 0. The molecule has 4 aromatic carbocycles. The molecule has 0 N–H and O–H groups in total. The molecule has 0 radical (unpaired) electrons. The second kappa shape index (κ2) is 8.74. The van der Waals surface area contributed by atoms with Crippen molar-refractivity contribution in [2.24, 2.45) is 9.98 Å². The van der Waals surface area contributed by atoms with Gasteiger partial charge in [0.2, 0.25) is 0 Å². The summed E-state index contributed by atoms with van der Waals surface area (Å²) in [5.41, 5.74) is 6.13. The molecular formula is C26H20N2. The monoisotopic (exact) mass is 360 g/mol. The Balaban J connectivity index is 1.71. The first kappa shape index (κ1) is 17.6. The minimum atomic E-state index is 0.925. The van der Waals surface area contributed by atoms with E-state index in [-0.39, 0.29) is 0 Å². The Morgan fingerprint density at radius 3 is 1.18 bits per heavy atom. The van der Waals surface area contributed by atoms with Gasteiger partial charge in [0.1, 0.15) is 0 Å². The zero-order valence-corrected chi connectivity index (χ0v) is 15.4. The van der Waals surface area contributed by atoms with E-state index in [4.69, 9.17) is 9.98 Å². The maximum atomic E-state index is 4.74. The zero-order chi connectivity index (χ0) is 19.0. The van der Waals surface area contributed by atoms with Crippen molar-refractivity contribution in [3.05, 3.63) is 120 Å². The highest BCUT2D eigenvalue weighted by molar-refractivity contribution is 5.90. The van der Waals surface area contributed by atoms with E-state index < -0.39 is 0 Å². The fraction of sp³-hybridized carbons (Fsp3) is 0. The third kappa shape index (κ3) is 4.30. The molecule has 0 saturated heterocycles. The SMILES string of the molecule is C(=N\c1ccccc1-c1ccccc1/N=C/c1ccccc1)/c1ccccc1. The predicted octanol–water partition coefficient (Wildman–Crippen LogP) is 6.85. The highest BCUT2D eigenvalue weighted by atomic mass is 14.7. The molecule has 28 heavy (non-hydrogen) atoms. The minimum Gasteiger partial charge on any atom is -0.256 e. The van der Waals surface area contributed by atoms with Gasteiger partial charge in [0.15, 0.2) is 0 Å². The number of nitrogens with zero attached hydrogens (tertiary/aromatic N) is 2. The molecule has 0 bridgehead atoms. The van der Waals surface area contributed by atoms with Crippen molar-refractivity contribution < 1.29 is 0 Å². The lowest BCUT2D eigenvalue weighted by molar-refractivity contribution is 1.47. The van der Waals surface area contributed by atoms with E-state index in [1.54, 1.807) is 0 Å². The molecule has 2 nitrogen and oxygen atoms in total. The molecule has 2 heteroatoms. The fourth-order valence-electron chi connectivity index (χ4n) is 2.99. The van der Waals surface area contributed by atoms with Gasteiger partial charge in [0.05, 0.1) is 11.4 Å². The molecule has 0 aliphatic rings. The maximum Gasteiger partial charge on any atom is 0.0709 e. The summed E-state index contributed by atoms with van der Waals surface area (Å²) in [4.78, 5) is 9.47. The average Bonchev–Trinajstić information content (AvgIpc) is 2.78. The predicted molar refractivity (Wildman–Crippen MR) is 119 cm³/mol. The van der Waals surface area contributed by atoms with Crippen molar-refractivity contribution in [3.8, 4) is 11.1 Å². The van der Waals surface area contributed by atoms with Crippen molar-refractivity contribution in [2.75, 3.05) is 0 Å². The first-order chi connectivity index (χ1) is 13.9. The molecule has 4 aromatic rings. The third-order valence-electron chi connectivity index (χ3n) is 4.40. The van der Waals surface area contributed by atoms with Crippen LogP contribution in [0.15, 0.2) is 119 Å². The molecule has 0 atom stereocenters. The van der Waals surface area contributed by atoms with Gasteiger partial charge in [-0.25, -0.2) is 0 Å². The molecule has 134 valence electrons. The van der Waals surface area contributed by atoms with E-state index in [1.165, 1.54) is 0 Å². The third-order valence-corrected chi connectivity index (χ3v) is 4.40. The second-order valence-corrected chi connectivity index (χ2v) is 6.37. The Morgan fingerprint density at radius 2 is 0.750 bits per heavy atom. The first-order valence-corrected chi connectivity index (χ1v) is 9.27. The van der Waals surface area contributed by atoms with Crippen molar-refractivity contribution in [2.45, 2.75) is 0 Å². The Bertz CT molecular complexity index is 1010. The largest absolute Gasteiger partial charge is 0.256 e. The lowest BCUT2D eigenvalue weighted by Gasteiger charge is -2.09. The summed E-state index contributed by atoms with van der Waals surface area (Å²) in [6, 6.07) is 36.6. The van der Waals surface area contributed by atoms with Crippen LogP contribution in [0.3, 0.4) is 0 Å². The second-order valence-electron chi connectivity index (χ2n) is 6.37. The summed E-state index contributed by atoms with van der Waals surface area (Å²) >= 11 is 0. The number of benzene rings is 4. The van der Waals surface area contributed by atoms with Gasteiger partial charge in [-0.2, -0.15) is 0 Å². The molecule has 0 fully saturated rings. The van der Waals surface area contributed by atoms with Crippen LogP contribution in [0.1, 0.15) is 11.1 Å². The molecule has 0 spiro atoms. The van der Waals surface area contributed by atoms with Crippen LogP contribution in [0, 0.1) is 0 Å². The van der Waals surface area contributed by atoms with E-state index in [2.05, 4.69) is 12.1 Å². The number of hydrogen-bond donors (Lipinski definition) is 0. The van der Waals surface area contributed by atoms with Crippen LogP contribution in [0.25, 0.3) is 11.1 Å². The molecule has 0 unspecified atom stereocenters. The highest BCUT2D eigenvalue weighted by Gasteiger charge is 2.07. The van der Waals surface area contributed by atoms with Crippen molar-refractivity contribution in [3.63, 3.8) is 0 Å². The number of hydrogen-bond acceptors (Lipinski definition) is 2. The van der Waals surface area contributed by atoms with E-state index in [1.807, 2.05) is 109 Å². The number of rotatable bonds is 5. The lowest BCUT2D eigenvalue weighted by atomic mass is 10.0.